The van der Waals surface area contributed by atoms with Gasteiger partial charge >= 0.3 is 5.69 Å². The van der Waals surface area contributed by atoms with E-state index in [0.29, 0.717) is 18.3 Å². The third-order valence-corrected chi connectivity index (χ3v) is 3.15. The maximum absolute atomic E-state index is 10.9. The van der Waals surface area contributed by atoms with Gasteiger partial charge in [0.15, 0.2) is 5.75 Å². The molecule has 2 unspecified atom stereocenters. The molecule has 1 rings (SSSR count). The van der Waals surface area contributed by atoms with Gasteiger partial charge in [0.25, 0.3) is 0 Å². The van der Waals surface area contributed by atoms with E-state index in [0.717, 1.165) is 5.56 Å². The van der Waals surface area contributed by atoms with Gasteiger partial charge in [-0.1, -0.05) is 19.9 Å². The summed E-state index contributed by atoms with van der Waals surface area (Å²) in [7, 11) is 0. The molecule has 106 valence electrons. The van der Waals surface area contributed by atoms with Crippen LogP contribution in [0.15, 0.2) is 18.2 Å². The van der Waals surface area contributed by atoms with Crippen LogP contribution in [0.25, 0.3) is 0 Å². The summed E-state index contributed by atoms with van der Waals surface area (Å²) in [5.74, 6) is 0.826. The molecule has 0 aromatic heterocycles. The Morgan fingerprint density at radius 1 is 1.37 bits per heavy atom. The zero-order valence-electron chi connectivity index (χ0n) is 11.9. The second-order valence-electron chi connectivity index (χ2n) is 5.05. The van der Waals surface area contributed by atoms with Crippen molar-refractivity contribution in [2.75, 3.05) is 6.61 Å². The molecule has 0 fully saturated rings. The van der Waals surface area contributed by atoms with E-state index in [-0.39, 0.29) is 17.6 Å². The summed E-state index contributed by atoms with van der Waals surface area (Å²) in [6, 6.07) is 5.00. The minimum absolute atomic E-state index is 0.00205. The third-order valence-electron chi connectivity index (χ3n) is 3.15. The summed E-state index contributed by atoms with van der Waals surface area (Å²) in [6.07, 6.45) is 0. The Hall–Kier alpha value is -1.62. The number of hydrogen-bond acceptors (Lipinski definition) is 4. The highest BCUT2D eigenvalue weighted by molar-refractivity contribution is 5.49. The first-order chi connectivity index (χ1) is 8.88. The molecule has 0 saturated heterocycles. The summed E-state index contributed by atoms with van der Waals surface area (Å²) in [4.78, 5) is 10.5. The van der Waals surface area contributed by atoms with Crippen molar-refractivity contribution < 1.29 is 9.66 Å². The molecule has 0 spiro atoms. The molecule has 0 saturated carbocycles. The largest absolute Gasteiger partial charge is 0.487 e. The smallest absolute Gasteiger partial charge is 0.310 e. The number of ether oxygens (including phenoxy) is 1. The molecule has 1 aromatic rings. The third kappa shape index (κ3) is 3.67. The van der Waals surface area contributed by atoms with E-state index in [4.69, 9.17) is 10.5 Å². The Morgan fingerprint density at radius 2 is 2.00 bits per heavy atom. The first kappa shape index (κ1) is 15.4. The molecule has 0 heterocycles. The monoisotopic (exact) mass is 266 g/mol. The summed E-state index contributed by atoms with van der Waals surface area (Å²) >= 11 is 0. The Morgan fingerprint density at radius 3 is 2.42 bits per heavy atom. The van der Waals surface area contributed by atoms with Crippen LogP contribution in [0.4, 0.5) is 5.69 Å². The van der Waals surface area contributed by atoms with Crippen molar-refractivity contribution in [3.05, 3.63) is 33.9 Å². The van der Waals surface area contributed by atoms with Crippen molar-refractivity contribution in [3.63, 3.8) is 0 Å². The highest BCUT2D eigenvalue weighted by Crippen LogP contribution is 2.34. The number of hydrogen-bond donors (Lipinski definition) is 1. The van der Waals surface area contributed by atoms with E-state index in [1.54, 1.807) is 12.1 Å². The van der Waals surface area contributed by atoms with Crippen molar-refractivity contribution in [1.82, 2.24) is 0 Å². The molecular weight excluding hydrogens is 244 g/mol. The Kier molecular flexibility index (Phi) is 5.30. The zero-order chi connectivity index (χ0) is 14.6. The standard InChI is InChI=1S/C14H22N2O3/c1-5-19-13-8-11(6-7-12(13)16(17)18)14(9(2)3)10(4)15/h6-10,14H,5,15H2,1-4H3. The van der Waals surface area contributed by atoms with Gasteiger partial charge in [-0.3, -0.25) is 10.1 Å². The predicted molar refractivity (Wildman–Crippen MR) is 75.5 cm³/mol. The van der Waals surface area contributed by atoms with Crippen molar-refractivity contribution in [2.24, 2.45) is 11.7 Å². The summed E-state index contributed by atoms with van der Waals surface area (Å²) in [5.41, 5.74) is 7.00. The predicted octanol–water partition coefficient (Wildman–Crippen LogP) is 3.08. The molecule has 0 aliphatic rings. The van der Waals surface area contributed by atoms with Crippen LogP contribution in [0.5, 0.6) is 5.75 Å². The van der Waals surface area contributed by atoms with Crippen LogP contribution in [0.1, 0.15) is 39.2 Å². The molecule has 19 heavy (non-hydrogen) atoms. The molecule has 5 nitrogen and oxygen atoms in total. The van der Waals surface area contributed by atoms with Crippen molar-refractivity contribution >= 4 is 5.69 Å². The van der Waals surface area contributed by atoms with E-state index in [9.17, 15) is 10.1 Å². The van der Waals surface area contributed by atoms with Crippen LogP contribution in [-0.2, 0) is 0 Å². The number of nitro benzene ring substituents is 1. The summed E-state index contributed by atoms with van der Waals surface area (Å²) in [6.45, 7) is 8.34. The van der Waals surface area contributed by atoms with E-state index >= 15 is 0 Å². The highest BCUT2D eigenvalue weighted by atomic mass is 16.6. The minimum Gasteiger partial charge on any atom is -0.487 e. The van der Waals surface area contributed by atoms with Gasteiger partial charge in [-0.2, -0.15) is 0 Å². The van der Waals surface area contributed by atoms with Gasteiger partial charge in [-0.05, 0) is 31.4 Å². The maximum atomic E-state index is 10.9. The summed E-state index contributed by atoms with van der Waals surface area (Å²) < 4.78 is 5.37. The average Bonchev–Trinajstić information content (AvgIpc) is 2.28. The fraction of sp³-hybridized carbons (Fsp3) is 0.571. The van der Waals surface area contributed by atoms with Crippen LogP contribution in [0.2, 0.25) is 0 Å². The topological polar surface area (TPSA) is 78.4 Å². The van der Waals surface area contributed by atoms with Crippen molar-refractivity contribution in [1.29, 1.82) is 0 Å². The number of benzene rings is 1. The lowest BCUT2D eigenvalue weighted by molar-refractivity contribution is -0.385. The van der Waals surface area contributed by atoms with Gasteiger partial charge in [0.05, 0.1) is 11.5 Å². The quantitative estimate of drug-likeness (QED) is 0.634. The molecule has 2 atom stereocenters. The van der Waals surface area contributed by atoms with Gasteiger partial charge in [-0.25, -0.2) is 0 Å². The molecular formula is C14H22N2O3. The molecule has 0 bridgehead atoms. The number of nitro groups is 1. The second-order valence-corrected chi connectivity index (χ2v) is 5.05. The fourth-order valence-electron chi connectivity index (χ4n) is 2.46. The van der Waals surface area contributed by atoms with Gasteiger partial charge in [-0.15, -0.1) is 0 Å². The average molecular weight is 266 g/mol. The first-order valence-corrected chi connectivity index (χ1v) is 6.55. The van der Waals surface area contributed by atoms with Crippen LogP contribution in [0.3, 0.4) is 0 Å². The number of nitrogens with zero attached hydrogens (tertiary/aromatic N) is 1. The molecule has 0 radical (unpaired) electrons. The van der Waals surface area contributed by atoms with E-state index in [2.05, 4.69) is 13.8 Å². The Bertz CT molecular complexity index is 436. The van der Waals surface area contributed by atoms with Crippen LogP contribution < -0.4 is 10.5 Å². The summed E-state index contributed by atoms with van der Waals surface area (Å²) in [5, 5.41) is 10.9. The second kappa shape index (κ2) is 6.52. The van der Waals surface area contributed by atoms with Crippen molar-refractivity contribution in [3.8, 4) is 5.75 Å². The van der Waals surface area contributed by atoms with Crippen LogP contribution >= 0.6 is 0 Å². The van der Waals surface area contributed by atoms with E-state index < -0.39 is 4.92 Å². The zero-order valence-corrected chi connectivity index (χ0v) is 11.9. The Balaban J connectivity index is 3.23. The number of rotatable bonds is 6. The van der Waals surface area contributed by atoms with Gasteiger partial charge < -0.3 is 10.5 Å². The lowest BCUT2D eigenvalue weighted by Crippen LogP contribution is -2.28. The van der Waals surface area contributed by atoms with E-state index in [1.165, 1.54) is 6.07 Å². The molecule has 1 aromatic carbocycles. The van der Waals surface area contributed by atoms with Gasteiger partial charge in [0.2, 0.25) is 0 Å². The SMILES string of the molecule is CCOc1cc(C(C(C)C)C(C)N)ccc1[N+](=O)[O-]. The highest BCUT2D eigenvalue weighted by Gasteiger charge is 2.23. The molecule has 0 amide bonds. The van der Waals surface area contributed by atoms with Crippen LogP contribution in [0, 0.1) is 16.0 Å². The lowest BCUT2D eigenvalue weighted by Gasteiger charge is -2.25. The number of nitrogens with two attached hydrogens (primary N) is 1. The molecule has 0 aliphatic carbocycles. The normalized spacial score (nSPS) is 14.2. The maximum Gasteiger partial charge on any atom is 0.310 e. The van der Waals surface area contributed by atoms with Gasteiger partial charge in [0, 0.05) is 18.0 Å². The molecule has 5 heteroatoms. The lowest BCUT2D eigenvalue weighted by atomic mass is 9.83. The first-order valence-electron chi connectivity index (χ1n) is 6.55. The van der Waals surface area contributed by atoms with E-state index in [1.807, 2.05) is 13.8 Å². The van der Waals surface area contributed by atoms with Crippen molar-refractivity contribution in [2.45, 2.75) is 39.7 Å². The minimum atomic E-state index is -0.426. The van der Waals surface area contributed by atoms with Crippen LogP contribution in [-0.4, -0.2) is 17.6 Å². The molecule has 0 aliphatic heterocycles. The fourth-order valence-corrected chi connectivity index (χ4v) is 2.46. The van der Waals surface area contributed by atoms with Gasteiger partial charge in [0.1, 0.15) is 0 Å². The molecule has 2 N–H and O–H groups in total. The Labute approximate surface area is 113 Å².